The lowest BCUT2D eigenvalue weighted by Gasteiger charge is -2.29. The maximum atomic E-state index is 12.5. The Kier molecular flexibility index (Phi) is 6.21. The van der Waals surface area contributed by atoms with E-state index in [0.717, 1.165) is 29.7 Å². The predicted molar refractivity (Wildman–Crippen MR) is 118 cm³/mol. The van der Waals surface area contributed by atoms with Crippen molar-refractivity contribution in [2.45, 2.75) is 25.7 Å². The van der Waals surface area contributed by atoms with Crippen LogP contribution in [-0.2, 0) is 9.59 Å². The second-order valence-corrected chi connectivity index (χ2v) is 7.56. The molecule has 1 fully saturated rings. The molecule has 3 aromatic rings. The largest absolute Gasteiger partial charge is 0.339 e. The molecule has 1 saturated heterocycles. The van der Waals surface area contributed by atoms with Crippen LogP contribution in [0.25, 0.3) is 17.5 Å². The number of carbonyl (C=O) groups excluding carboxylic acids is 2. The molecular weight excluding hydrogens is 392 g/mol. The number of aromatic nitrogens is 2. The highest BCUT2D eigenvalue weighted by atomic mass is 16.5. The summed E-state index contributed by atoms with van der Waals surface area (Å²) >= 11 is 0. The molecule has 31 heavy (non-hydrogen) atoms. The second kappa shape index (κ2) is 9.38. The molecule has 1 aliphatic heterocycles. The Bertz CT molecular complexity index is 1070. The average molecular weight is 416 g/mol. The van der Waals surface area contributed by atoms with Crippen LogP contribution >= 0.6 is 0 Å². The van der Waals surface area contributed by atoms with Crippen molar-refractivity contribution in [2.75, 3.05) is 18.4 Å². The van der Waals surface area contributed by atoms with Crippen LogP contribution in [0.15, 0.2) is 65.2 Å². The number of carbonyl (C=O) groups is 2. The van der Waals surface area contributed by atoms with E-state index in [1.807, 2.05) is 53.4 Å². The third-order valence-corrected chi connectivity index (χ3v) is 5.28. The Morgan fingerprint density at radius 2 is 1.77 bits per heavy atom. The van der Waals surface area contributed by atoms with Gasteiger partial charge in [0.05, 0.1) is 0 Å². The Labute approximate surface area is 180 Å². The van der Waals surface area contributed by atoms with Crippen molar-refractivity contribution in [3.05, 3.63) is 72.1 Å². The van der Waals surface area contributed by atoms with Crippen molar-refractivity contribution in [3.63, 3.8) is 0 Å². The lowest BCUT2D eigenvalue weighted by molar-refractivity contribution is -0.127. The Hall–Kier alpha value is -3.74. The average Bonchev–Trinajstić information content (AvgIpc) is 3.29. The first-order valence-electron chi connectivity index (χ1n) is 10.3. The molecule has 0 saturated carbocycles. The van der Waals surface area contributed by atoms with Gasteiger partial charge in [-0.05, 0) is 48.7 Å². The first-order chi connectivity index (χ1) is 15.1. The smallest absolute Gasteiger partial charge is 0.246 e. The van der Waals surface area contributed by atoms with Gasteiger partial charge in [0.15, 0.2) is 0 Å². The molecule has 0 unspecified atom stereocenters. The molecular formula is C24H24N4O3. The summed E-state index contributed by atoms with van der Waals surface area (Å²) in [6, 6.07) is 17.1. The highest BCUT2D eigenvalue weighted by molar-refractivity contribution is 5.91. The van der Waals surface area contributed by atoms with Crippen LogP contribution in [0.2, 0.25) is 0 Å². The minimum atomic E-state index is -0.116. The fourth-order valence-corrected chi connectivity index (χ4v) is 3.61. The SMILES string of the molecule is CC(=O)Nc1ccc(-c2noc(C3CCN(C(=O)/C=C/c4ccccc4)CC3)n2)cc1. The van der Waals surface area contributed by atoms with Gasteiger partial charge in [0.25, 0.3) is 0 Å². The second-order valence-electron chi connectivity index (χ2n) is 7.56. The van der Waals surface area contributed by atoms with Crippen molar-refractivity contribution in [1.82, 2.24) is 15.0 Å². The van der Waals surface area contributed by atoms with Crippen LogP contribution in [0, 0.1) is 0 Å². The Morgan fingerprint density at radius 1 is 1.06 bits per heavy atom. The number of hydrogen-bond donors (Lipinski definition) is 1. The third-order valence-electron chi connectivity index (χ3n) is 5.28. The maximum absolute atomic E-state index is 12.5. The molecule has 1 aromatic heterocycles. The van der Waals surface area contributed by atoms with Crippen LogP contribution in [0.4, 0.5) is 5.69 Å². The van der Waals surface area contributed by atoms with Crippen molar-refractivity contribution in [3.8, 4) is 11.4 Å². The van der Waals surface area contributed by atoms with Crippen LogP contribution in [0.1, 0.15) is 37.1 Å². The van der Waals surface area contributed by atoms with Gasteiger partial charge in [-0.1, -0.05) is 35.5 Å². The number of likely N-dealkylation sites (tertiary alicyclic amines) is 1. The monoisotopic (exact) mass is 416 g/mol. The number of anilines is 1. The zero-order valence-electron chi connectivity index (χ0n) is 17.3. The molecule has 0 bridgehead atoms. The molecule has 0 atom stereocenters. The highest BCUT2D eigenvalue weighted by Crippen LogP contribution is 2.29. The summed E-state index contributed by atoms with van der Waals surface area (Å²) in [6.07, 6.45) is 5.04. The molecule has 1 N–H and O–H groups in total. The van der Waals surface area contributed by atoms with Crippen molar-refractivity contribution in [2.24, 2.45) is 0 Å². The van der Waals surface area contributed by atoms with Crippen molar-refractivity contribution < 1.29 is 14.1 Å². The summed E-state index contributed by atoms with van der Waals surface area (Å²) < 4.78 is 5.51. The number of amides is 2. The summed E-state index contributed by atoms with van der Waals surface area (Å²) in [6.45, 7) is 2.79. The third kappa shape index (κ3) is 5.25. The van der Waals surface area contributed by atoms with Gasteiger partial charge in [0, 0.05) is 43.3 Å². The zero-order chi connectivity index (χ0) is 21.6. The molecule has 0 radical (unpaired) electrons. The standard InChI is InChI=1S/C24H24N4O3/c1-17(29)25-21-10-8-19(9-11-21)23-26-24(31-27-23)20-13-15-28(16-14-20)22(30)12-7-18-5-3-2-4-6-18/h2-12,20H,13-16H2,1H3,(H,25,29)/b12-7+. The van der Waals surface area contributed by atoms with E-state index in [1.165, 1.54) is 6.92 Å². The van der Waals surface area contributed by atoms with Gasteiger partial charge in [-0.2, -0.15) is 4.98 Å². The number of nitrogens with zero attached hydrogens (tertiary/aromatic N) is 3. The Morgan fingerprint density at radius 3 is 2.45 bits per heavy atom. The number of nitrogens with one attached hydrogen (secondary N) is 1. The lowest BCUT2D eigenvalue weighted by Crippen LogP contribution is -2.36. The maximum Gasteiger partial charge on any atom is 0.246 e. The van der Waals surface area contributed by atoms with Crippen molar-refractivity contribution in [1.29, 1.82) is 0 Å². The Balaban J connectivity index is 1.33. The first kappa shape index (κ1) is 20.5. The van der Waals surface area contributed by atoms with Gasteiger partial charge in [0.1, 0.15) is 0 Å². The van der Waals surface area contributed by atoms with E-state index in [9.17, 15) is 9.59 Å². The number of piperidine rings is 1. The van der Waals surface area contributed by atoms with Gasteiger partial charge in [-0.3, -0.25) is 9.59 Å². The molecule has 7 nitrogen and oxygen atoms in total. The fraction of sp³-hybridized carbons (Fsp3) is 0.250. The molecule has 0 aliphatic carbocycles. The fourth-order valence-electron chi connectivity index (χ4n) is 3.61. The topological polar surface area (TPSA) is 88.3 Å². The zero-order valence-corrected chi connectivity index (χ0v) is 17.3. The molecule has 158 valence electrons. The summed E-state index contributed by atoms with van der Waals surface area (Å²) in [5.74, 6) is 1.17. The minimum absolute atomic E-state index is 0.0211. The quantitative estimate of drug-likeness (QED) is 0.632. The summed E-state index contributed by atoms with van der Waals surface area (Å²) in [4.78, 5) is 30.0. The molecule has 0 spiro atoms. The first-order valence-corrected chi connectivity index (χ1v) is 10.3. The molecule has 1 aliphatic rings. The van der Waals surface area contributed by atoms with Gasteiger partial charge >= 0.3 is 0 Å². The molecule has 4 rings (SSSR count). The normalized spacial score (nSPS) is 14.7. The lowest BCUT2D eigenvalue weighted by atomic mass is 9.96. The molecule has 2 aromatic carbocycles. The van der Waals surface area contributed by atoms with Gasteiger partial charge in [-0.25, -0.2) is 0 Å². The van der Waals surface area contributed by atoms with E-state index in [4.69, 9.17) is 4.52 Å². The van der Waals surface area contributed by atoms with E-state index in [0.29, 0.717) is 24.8 Å². The number of rotatable bonds is 5. The van der Waals surface area contributed by atoms with Gasteiger partial charge in [-0.15, -0.1) is 0 Å². The number of benzene rings is 2. The van der Waals surface area contributed by atoms with Gasteiger partial charge < -0.3 is 14.7 Å². The molecule has 2 heterocycles. The van der Waals surface area contributed by atoms with Crippen LogP contribution in [-0.4, -0.2) is 39.9 Å². The van der Waals surface area contributed by atoms with Crippen LogP contribution in [0.5, 0.6) is 0 Å². The minimum Gasteiger partial charge on any atom is -0.339 e. The van der Waals surface area contributed by atoms with E-state index < -0.39 is 0 Å². The predicted octanol–water partition coefficient (Wildman–Crippen LogP) is 4.11. The molecule has 2 amide bonds. The van der Waals surface area contributed by atoms with E-state index >= 15 is 0 Å². The van der Waals surface area contributed by atoms with Crippen molar-refractivity contribution >= 4 is 23.6 Å². The van der Waals surface area contributed by atoms with E-state index in [2.05, 4.69) is 15.5 Å². The number of hydrogen-bond acceptors (Lipinski definition) is 5. The molecule has 7 heteroatoms. The van der Waals surface area contributed by atoms with Gasteiger partial charge in [0.2, 0.25) is 23.5 Å². The summed E-state index contributed by atoms with van der Waals surface area (Å²) in [7, 11) is 0. The van der Waals surface area contributed by atoms with E-state index in [-0.39, 0.29) is 17.7 Å². The summed E-state index contributed by atoms with van der Waals surface area (Å²) in [5.41, 5.74) is 2.55. The van der Waals surface area contributed by atoms with Crippen LogP contribution < -0.4 is 5.32 Å². The summed E-state index contributed by atoms with van der Waals surface area (Å²) in [5, 5.41) is 6.84. The van der Waals surface area contributed by atoms with Crippen LogP contribution in [0.3, 0.4) is 0 Å². The van der Waals surface area contributed by atoms with E-state index in [1.54, 1.807) is 18.2 Å². The highest BCUT2D eigenvalue weighted by Gasteiger charge is 2.27.